The lowest BCUT2D eigenvalue weighted by Gasteiger charge is -2.32. The smallest absolute Gasteiger partial charge is 0.267 e. The highest BCUT2D eigenvalue weighted by atomic mass is 16.3. The Morgan fingerprint density at radius 3 is 2.77 bits per heavy atom. The molecule has 3 rings (SSSR count). The predicted octanol–water partition coefficient (Wildman–Crippen LogP) is 0.740. The van der Waals surface area contributed by atoms with Crippen LogP contribution >= 0.6 is 0 Å². The van der Waals surface area contributed by atoms with Gasteiger partial charge in [0.15, 0.2) is 0 Å². The zero-order valence-electron chi connectivity index (χ0n) is 14.4. The first kappa shape index (κ1) is 17.9. The van der Waals surface area contributed by atoms with Crippen LogP contribution in [0.25, 0.3) is 0 Å². The normalized spacial score (nSPS) is 15.5. The molecule has 8 nitrogen and oxygen atoms in total. The Balaban J connectivity index is 1.37. The monoisotopic (exact) mass is 357 g/mol. The van der Waals surface area contributed by atoms with Crippen LogP contribution in [0.4, 0.5) is 0 Å². The number of rotatable bonds is 6. The SMILES string of the molecule is O=C(NCCN1CCC(NC(=O)c2ccncc2O)CC1)c1ccc[nH]1. The summed E-state index contributed by atoms with van der Waals surface area (Å²) in [7, 11) is 0. The van der Waals surface area contributed by atoms with Crippen LogP contribution in [0.3, 0.4) is 0 Å². The molecule has 2 aromatic rings. The van der Waals surface area contributed by atoms with Crippen LogP contribution in [-0.4, -0.2) is 64.0 Å². The fraction of sp³-hybridized carbons (Fsp3) is 0.389. The number of hydrogen-bond donors (Lipinski definition) is 4. The van der Waals surface area contributed by atoms with Crippen molar-refractivity contribution >= 4 is 11.8 Å². The Kier molecular flexibility index (Phi) is 5.85. The number of aromatic amines is 1. The average molecular weight is 357 g/mol. The van der Waals surface area contributed by atoms with Crippen molar-refractivity contribution in [3.05, 3.63) is 48.0 Å². The fourth-order valence-electron chi connectivity index (χ4n) is 3.04. The van der Waals surface area contributed by atoms with Gasteiger partial charge in [0.1, 0.15) is 11.4 Å². The largest absolute Gasteiger partial charge is 0.505 e. The van der Waals surface area contributed by atoms with E-state index < -0.39 is 0 Å². The second-order valence-electron chi connectivity index (χ2n) is 6.32. The number of likely N-dealkylation sites (tertiary alicyclic amines) is 1. The minimum Gasteiger partial charge on any atom is -0.505 e. The van der Waals surface area contributed by atoms with Gasteiger partial charge in [-0.3, -0.25) is 14.6 Å². The number of carbonyl (C=O) groups excluding carboxylic acids is 2. The van der Waals surface area contributed by atoms with Crippen LogP contribution in [0.1, 0.15) is 33.7 Å². The Morgan fingerprint density at radius 2 is 2.08 bits per heavy atom. The van der Waals surface area contributed by atoms with Crippen LogP contribution in [0.5, 0.6) is 5.75 Å². The van der Waals surface area contributed by atoms with E-state index in [2.05, 4.69) is 25.5 Å². The summed E-state index contributed by atoms with van der Waals surface area (Å²) in [6.07, 6.45) is 6.14. The molecule has 0 unspecified atom stereocenters. The molecule has 0 aliphatic carbocycles. The number of nitrogens with zero attached hydrogens (tertiary/aromatic N) is 2. The fourth-order valence-corrected chi connectivity index (χ4v) is 3.04. The number of piperidine rings is 1. The minimum absolute atomic E-state index is 0.0832. The third-order valence-electron chi connectivity index (χ3n) is 4.52. The lowest BCUT2D eigenvalue weighted by molar-refractivity contribution is 0.0896. The number of aromatic hydroxyl groups is 1. The number of aromatic nitrogens is 2. The van der Waals surface area contributed by atoms with Crippen LogP contribution in [0.15, 0.2) is 36.8 Å². The first-order chi connectivity index (χ1) is 12.6. The van der Waals surface area contributed by atoms with Gasteiger partial charge < -0.3 is 25.6 Å². The summed E-state index contributed by atoms with van der Waals surface area (Å²) >= 11 is 0. The Labute approximate surface area is 151 Å². The number of amides is 2. The molecule has 8 heteroatoms. The number of carbonyl (C=O) groups is 2. The lowest BCUT2D eigenvalue weighted by atomic mass is 10.0. The van der Waals surface area contributed by atoms with E-state index in [0.717, 1.165) is 32.5 Å². The third-order valence-corrected chi connectivity index (χ3v) is 4.52. The van der Waals surface area contributed by atoms with E-state index in [1.54, 1.807) is 18.3 Å². The zero-order valence-corrected chi connectivity index (χ0v) is 14.4. The Bertz CT molecular complexity index is 739. The maximum atomic E-state index is 12.2. The van der Waals surface area contributed by atoms with Crippen molar-refractivity contribution in [3.63, 3.8) is 0 Å². The molecule has 26 heavy (non-hydrogen) atoms. The quantitative estimate of drug-likeness (QED) is 0.609. The number of nitrogens with one attached hydrogen (secondary N) is 3. The van der Waals surface area contributed by atoms with E-state index in [1.807, 2.05) is 0 Å². The van der Waals surface area contributed by atoms with E-state index in [4.69, 9.17) is 0 Å². The predicted molar refractivity (Wildman–Crippen MR) is 96.0 cm³/mol. The molecule has 1 aliphatic heterocycles. The first-order valence-electron chi connectivity index (χ1n) is 8.71. The topological polar surface area (TPSA) is 110 Å². The van der Waals surface area contributed by atoms with Crippen LogP contribution in [0, 0.1) is 0 Å². The first-order valence-corrected chi connectivity index (χ1v) is 8.71. The molecule has 138 valence electrons. The van der Waals surface area contributed by atoms with Crippen molar-refractivity contribution in [2.45, 2.75) is 18.9 Å². The lowest BCUT2D eigenvalue weighted by Crippen LogP contribution is -2.46. The van der Waals surface area contributed by atoms with Gasteiger partial charge >= 0.3 is 0 Å². The van der Waals surface area contributed by atoms with Gasteiger partial charge in [-0.05, 0) is 31.0 Å². The van der Waals surface area contributed by atoms with Crippen LogP contribution in [-0.2, 0) is 0 Å². The molecule has 3 heterocycles. The summed E-state index contributed by atoms with van der Waals surface area (Å²) in [6, 6.07) is 5.12. The summed E-state index contributed by atoms with van der Waals surface area (Å²) in [4.78, 5) is 33.0. The molecule has 2 amide bonds. The molecule has 0 aromatic carbocycles. The Hall–Kier alpha value is -2.87. The zero-order chi connectivity index (χ0) is 18.4. The molecule has 1 aliphatic rings. The summed E-state index contributed by atoms with van der Waals surface area (Å²) < 4.78 is 0. The highest BCUT2D eigenvalue weighted by Gasteiger charge is 2.22. The van der Waals surface area contributed by atoms with Gasteiger partial charge in [0.05, 0.1) is 11.8 Å². The molecule has 0 bridgehead atoms. The van der Waals surface area contributed by atoms with Crippen molar-refractivity contribution in [2.75, 3.05) is 26.2 Å². The van der Waals surface area contributed by atoms with Gasteiger partial charge in [0.2, 0.25) is 0 Å². The average Bonchev–Trinajstić information content (AvgIpc) is 3.18. The van der Waals surface area contributed by atoms with E-state index in [1.165, 1.54) is 18.5 Å². The molecule has 1 saturated heterocycles. The number of hydrogen-bond acceptors (Lipinski definition) is 5. The molecule has 0 saturated carbocycles. The summed E-state index contributed by atoms with van der Waals surface area (Å²) in [5.41, 5.74) is 0.806. The molecule has 0 atom stereocenters. The van der Waals surface area contributed by atoms with E-state index in [0.29, 0.717) is 12.2 Å². The van der Waals surface area contributed by atoms with Crippen molar-refractivity contribution in [3.8, 4) is 5.75 Å². The molecular weight excluding hydrogens is 334 g/mol. The molecule has 1 fully saturated rings. The summed E-state index contributed by atoms with van der Waals surface area (Å²) in [6.45, 7) is 3.06. The molecular formula is C18H23N5O3. The van der Waals surface area contributed by atoms with E-state index in [-0.39, 0.29) is 29.2 Å². The van der Waals surface area contributed by atoms with Crippen LogP contribution in [0.2, 0.25) is 0 Å². The molecule has 0 spiro atoms. The van der Waals surface area contributed by atoms with Gasteiger partial charge in [-0.1, -0.05) is 0 Å². The Morgan fingerprint density at radius 1 is 1.27 bits per heavy atom. The van der Waals surface area contributed by atoms with Crippen LogP contribution < -0.4 is 10.6 Å². The minimum atomic E-state index is -0.276. The van der Waals surface area contributed by atoms with Crippen molar-refractivity contribution < 1.29 is 14.7 Å². The standard InChI is InChI=1S/C18H23N5O3/c24-16-12-19-7-3-14(16)17(25)22-13-4-9-23(10-5-13)11-8-21-18(26)15-2-1-6-20-15/h1-3,6-7,12-13,20,24H,4-5,8-11H2,(H,21,26)(H,22,25). The van der Waals surface area contributed by atoms with Gasteiger partial charge in [-0.15, -0.1) is 0 Å². The van der Waals surface area contributed by atoms with E-state index in [9.17, 15) is 14.7 Å². The maximum absolute atomic E-state index is 12.2. The number of pyridine rings is 1. The van der Waals surface area contributed by atoms with Gasteiger partial charge in [0.25, 0.3) is 11.8 Å². The van der Waals surface area contributed by atoms with Gasteiger partial charge in [0, 0.05) is 44.6 Å². The molecule has 2 aromatic heterocycles. The van der Waals surface area contributed by atoms with Gasteiger partial charge in [-0.25, -0.2) is 0 Å². The highest BCUT2D eigenvalue weighted by Crippen LogP contribution is 2.16. The van der Waals surface area contributed by atoms with Gasteiger partial charge in [-0.2, -0.15) is 0 Å². The van der Waals surface area contributed by atoms with Crippen molar-refractivity contribution in [2.24, 2.45) is 0 Å². The third kappa shape index (κ3) is 4.60. The maximum Gasteiger partial charge on any atom is 0.267 e. The summed E-state index contributed by atoms with van der Waals surface area (Å²) in [5.74, 6) is -0.490. The second-order valence-corrected chi connectivity index (χ2v) is 6.32. The summed E-state index contributed by atoms with van der Waals surface area (Å²) in [5, 5.41) is 15.5. The van der Waals surface area contributed by atoms with Crippen molar-refractivity contribution in [1.82, 2.24) is 25.5 Å². The van der Waals surface area contributed by atoms with Crippen molar-refractivity contribution in [1.29, 1.82) is 0 Å². The molecule has 0 radical (unpaired) electrons. The number of H-pyrrole nitrogens is 1. The molecule has 4 N–H and O–H groups in total. The highest BCUT2D eigenvalue weighted by molar-refractivity contribution is 5.96. The second kappa shape index (κ2) is 8.48. The van der Waals surface area contributed by atoms with E-state index >= 15 is 0 Å².